The average molecular weight is 460 g/mol. The summed E-state index contributed by atoms with van der Waals surface area (Å²) in [6.07, 6.45) is 1.64. The highest BCUT2D eigenvalue weighted by molar-refractivity contribution is 6.26. The van der Waals surface area contributed by atoms with Gasteiger partial charge in [-0.1, -0.05) is 17.7 Å². The van der Waals surface area contributed by atoms with Gasteiger partial charge in [0.25, 0.3) is 0 Å². The molecule has 0 saturated carbocycles. The molecule has 2 aromatic carbocycles. The maximum Gasteiger partial charge on any atom is 0.338 e. The molecular formula is C26H25N3O5. The molecular weight excluding hydrogens is 434 g/mol. The second kappa shape index (κ2) is 7.24. The van der Waals surface area contributed by atoms with Crippen molar-refractivity contribution in [3.8, 4) is 0 Å². The van der Waals surface area contributed by atoms with Crippen LogP contribution in [0.1, 0.15) is 41.3 Å². The SMILES string of the molecule is CCOC(=O)c1ccc(N2C(=O)[C@H]3[C@H]4CCCN4[C@@]4(C(=O)Nc5ccc(C)cc54)[C@@H]3C2=O)cc1. The lowest BCUT2D eigenvalue weighted by Crippen LogP contribution is -2.54. The van der Waals surface area contributed by atoms with E-state index in [2.05, 4.69) is 10.2 Å². The van der Waals surface area contributed by atoms with Crippen LogP contribution < -0.4 is 10.2 Å². The van der Waals surface area contributed by atoms with Crippen LogP contribution in [-0.2, 0) is 24.7 Å². The number of nitrogens with zero attached hydrogens (tertiary/aromatic N) is 2. The summed E-state index contributed by atoms with van der Waals surface area (Å²) >= 11 is 0. The van der Waals surface area contributed by atoms with Gasteiger partial charge in [-0.3, -0.25) is 19.3 Å². The predicted molar refractivity (Wildman–Crippen MR) is 123 cm³/mol. The third-order valence-electron chi connectivity index (χ3n) is 7.78. The van der Waals surface area contributed by atoms with Crippen LogP contribution in [-0.4, -0.2) is 47.8 Å². The van der Waals surface area contributed by atoms with E-state index in [-0.39, 0.29) is 30.4 Å². The van der Waals surface area contributed by atoms with Crippen molar-refractivity contribution in [1.29, 1.82) is 0 Å². The fraction of sp³-hybridized carbons (Fsp3) is 0.385. The minimum absolute atomic E-state index is 0.164. The fourth-order valence-corrected chi connectivity index (χ4v) is 6.53. The summed E-state index contributed by atoms with van der Waals surface area (Å²) in [7, 11) is 0. The van der Waals surface area contributed by atoms with Gasteiger partial charge < -0.3 is 10.1 Å². The van der Waals surface area contributed by atoms with Gasteiger partial charge in [0.1, 0.15) is 5.54 Å². The van der Waals surface area contributed by atoms with Gasteiger partial charge in [-0.05, 0) is 63.6 Å². The summed E-state index contributed by atoms with van der Waals surface area (Å²) in [5.41, 5.74) is 2.07. The summed E-state index contributed by atoms with van der Waals surface area (Å²) in [5, 5.41) is 2.99. The number of imide groups is 1. The normalized spacial score (nSPS) is 29.4. The maximum atomic E-state index is 14.0. The van der Waals surface area contributed by atoms with Crippen molar-refractivity contribution in [3.05, 3.63) is 59.2 Å². The Hall–Kier alpha value is -3.52. The molecule has 0 aromatic heterocycles. The van der Waals surface area contributed by atoms with Gasteiger partial charge >= 0.3 is 5.97 Å². The van der Waals surface area contributed by atoms with Gasteiger partial charge in [0.15, 0.2) is 0 Å². The van der Waals surface area contributed by atoms with E-state index < -0.39 is 23.3 Å². The zero-order chi connectivity index (χ0) is 23.8. The van der Waals surface area contributed by atoms with E-state index in [4.69, 9.17) is 4.74 Å². The highest BCUT2D eigenvalue weighted by Crippen LogP contribution is 2.60. The zero-order valence-electron chi connectivity index (χ0n) is 19.0. The van der Waals surface area contributed by atoms with Crippen molar-refractivity contribution in [3.63, 3.8) is 0 Å². The minimum atomic E-state index is -1.18. The smallest absolute Gasteiger partial charge is 0.338 e. The van der Waals surface area contributed by atoms with E-state index in [0.717, 1.165) is 24.0 Å². The van der Waals surface area contributed by atoms with Crippen molar-refractivity contribution in [2.24, 2.45) is 11.8 Å². The Morgan fingerprint density at radius 3 is 2.62 bits per heavy atom. The molecule has 0 radical (unpaired) electrons. The van der Waals surface area contributed by atoms with Gasteiger partial charge in [0, 0.05) is 17.3 Å². The number of hydrogen-bond donors (Lipinski definition) is 1. The molecule has 0 unspecified atom stereocenters. The number of benzene rings is 2. The number of ether oxygens (including phenoxy) is 1. The average Bonchev–Trinajstić information content (AvgIpc) is 3.53. The Morgan fingerprint density at radius 1 is 1.12 bits per heavy atom. The molecule has 1 spiro atoms. The van der Waals surface area contributed by atoms with Crippen molar-refractivity contribution >= 4 is 35.1 Å². The molecule has 6 rings (SSSR count). The van der Waals surface area contributed by atoms with E-state index >= 15 is 0 Å². The third-order valence-corrected chi connectivity index (χ3v) is 7.78. The molecule has 4 aliphatic rings. The first-order valence-corrected chi connectivity index (χ1v) is 11.7. The lowest BCUT2D eigenvalue weighted by atomic mass is 9.75. The molecule has 4 atom stereocenters. The van der Waals surface area contributed by atoms with Crippen LogP contribution in [0.25, 0.3) is 0 Å². The van der Waals surface area contributed by atoms with Crippen LogP contribution in [0.15, 0.2) is 42.5 Å². The first-order chi connectivity index (χ1) is 16.4. The highest BCUT2D eigenvalue weighted by Gasteiger charge is 2.74. The first-order valence-electron chi connectivity index (χ1n) is 11.7. The van der Waals surface area contributed by atoms with Crippen molar-refractivity contribution in [1.82, 2.24) is 4.90 Å². The summed E-state index contributed by atoms with van der Waals surface area (Å²) in [4.78, 5) is 56.7. The van der Waals surface area contributed by atoms with Crippen LogP contribution >= 0.6 is 0 Å². The number of nitrogens with one attached hydrogen (secondary N) is 1. The van der Waals surface area contributed by atoms with E-state index in [1.54, 1.807) is 31.2 Å². The second-order valence-corrected chi connectivity index (χ2v) is 9.46. The van der Waals surface area contributed by atoms with Gasteiger partial charge in [-0.2, -0.15) is 0 Å². The number of carbonyl (C=O) groups is 4. The minimum Gasteiger partial charge on any atom is -0.462 e. The second-order valence-electron chi connectivity index (χ2n) is 9.46. The van der Waals surface area contributed by atoms with Gasteiger partial charge in [-0.25, -0.2) is 9.69 Å². The summed E-state index contributed by atoms with van der Waals surface area (Å²) in [6, 6.07) is 11.9. The number of esters is 1. The molecule has 174 valence electrons. The Labute approximate surface area is 196 Å². The predicted octanol–water partition coefficient (Wildman–Crippen LogP) is 2.60. The Kier molecular flexibility index (Phi) is 4.48. The number of hydrogen-bond acceptors (Lipinski definition) is 6. The molecule has 0 bridgehead atoms. The van der Waals surface area contributed by atoms with E-state index in [0.29, 0.717) is 23.5 Å². The van der Waals surface area contributed by atoms with Crippen LogP contribution in [0.4, 0.5) is 11.4 Å². The molecule has 1 N–H and O–H groups in total. The lowest BCUT2D eigenvalue weighted by Gasteiger charge is -2.36. The van der Waals surface area contributed by atoms with Crippen LogP contribution in [0, 0.1) is 18.8 Å². The molecule has 4 heterocycles. The number of aryl methyl sites for hydroxylation is 1. The molecule has 34 heavy (non-hydrogen) atoms. The zero-order valence-corrected chi connectivity index (χ0v) is 19.0. The number of rotatable bonds is 3. The van der Waals surface area contributed by atoms with Gasteiger partial charge in [-0.15, -0.1) is 0 Å². The highest BCUT2D eigenvalue weighted by atomic mass is 16.5. The standard InChI is InChI=1S/C26H25N3O5/c1-3-34-24(32)15-7-9-16(10-8-15)29-22(30)20-19-5-4-12-28(19)26(21(20)23(29)31)17-13-14(2)6-11-18(17)27-25(26)33/h6-11,13,19-21H,3-5,12H2,1-2H3,(H,27,33)/t19-,20+,21+,26-/m1/s1. The Bertz CT molecular complexity index is 1260. The van der Waals surface area contributed by atoms with E-state index in [1.807, 2.05) is 25.1 Å². The number of amides is 3. The largest absolute Gasteiger partial charge is 0.462 e. The molecule has 0 aliphatic carbocycles. The summed E-state index contributed by atoms with van der Waals surface area (Å²) < 4.78 is 5.03. The lowest BCUT2D eigenvalue weighted by molar-refractivity contribution is -0.135. The Morgan fingerprint density at radius 2 is 1.88 bits per heavy atom. The topological polar surface area (TPSA) is 96.0 Å². The molecule has 3 saturated heterocycles. The number of anilines is 2. The first kappa shape index (κ1) is 21.0. The molecule has 3 amide bonds. The van der Waals surface area contributed by atoms with Crippen LogP contribution in [0.5, 0.6) is 0 Å². The van der Waals surface area contributed by atoms with Crippen molar-refractivity contribution in [2.45, 2.75) is 38.3 Å². The number of carbonyl (C=O) groups excluding carboxylic acids is 4. The molecule has 8 heteroatoms. The van der Waals surface area contributed by atoms with Crippen molar-refractivity contribution < 1.29 is 23.9 Å². The summed E-state index contributed by atoms with van der Waals surface area (Å²) in [6.45, 7) is 4.63. The fourth-order valence-electron chi connectivity index (χ4n) is 6.53. The summed E-state index contributed by atoms with van der Waals surface area (Å²) in [5.74, 6) is -2.71. The van der Waals surface area contributed by atoms with Crippen LogP contribution in [0.3, 0.4) is 0 Å². The quantitative estimate of drug-likeness (QED) is 0.560. The van der Waals surface area contributed by atoms with Gasteiger partial charge in [0.05, 0.1) is 29.7 Å². The van der Waals surface area contributed by atoms with Crippen molar-refractivity contribution in [2.75, 3.05) is 23.4 Å². The van der Waals surface area contributed by atoms with E-state index in [9.17, 15) is 19.2 Å². The Balaban J connectivity index is 1.45. The van der Waals surface area contributed by atoms with E-state index in [1.165, 1.54) is 4.90 Å². The maximum absolute atomic E-state index is 14.0. The molecule has 2 aromatic rings. The molecule has 8 nitrogen and oxygen atoms in total. The third kappa shape index (κ3) is 2.51. The number of fused-ring (bicyclic) bond motifs is 7. The van der Waals surface area contributed by atoms with Gasteiger partial charge in [0.2, 0.25) is 17.7 Å². The molecule has 4 aliphatic heterocycles. The monoisotopic (exact) mass is 459 g/mol. The van der Waals surface area contributed by atoms with Crippen LogP contribution in [0.2, 0.25) is 0 Å². The molecule has 3 fully saturated rings.